The predicted molar refractivity (Wildman–Crippen MR) is 108 cm³/mol. The van der Waals surface area contributed by atoms with E-state index in [1.165, 1.54) is 5.56 Å². The normalized spacial score (nSPS) is 10.6. The van der Waals surface area contributed by atoms with Crippen molar-refractivity contribution in [2.75, 3.05) is 13.2 Å². The molecule has 0 atom stereocenters. The summed E-state index contributed by atoms with van der Waals surface area (Å²) in [6.07, 6.45) is 0. The molecular formula is C23H26N2O2. The van der Waals surface area contributed by atoms with Gasteiger partial charge in [0.05, 0.1) is 12.1 Å². The second-order valence-corrected chi connectivity index (χ2v) is 6.73. The van der Waals surface area contributed by atoms with E-state index >= 15 is 0 Å². The second-order valence-electron chi connectivity index (χ2n) is 6.73. The molecular weight excluding hydrogens is 336 g/mol. The van der Waals surface area contributed by atoms with Crippen molar-refractivity contribution >= 4 is 5.91 Å². The third-order valence-corrected chi connectivity index (χ3v) is 4.74. The molecule has 0 aliphatic carbocycles. The maximum atomic E-state index is 12.6. The molecule has 27 heavy (non-hydrogen) atoms. The van der Waals surface area contributed by atoms with E-state index in [0.717, 1.165) is 34.8 Å². The number of rotatable bonds is 7. The first kappa shape index (κ1) is 18.8. The predicted octanol–water partition coefficient (Wildman–Crippen LogP) is 4.27. The largest absolute Gasteiger partial charge is 0.491 e. The molecule has 0 radical (unpaired) electrons. The molecule has 3 rings (SSSR count). The van der Waals surface area contributed by atoms with E-state index in [4.69, 9.17) is 4.74 Å². The summed E-state index contributed by atoms with van der Waals surface area (Å²) in [7, 11) is 0. The lowest BCUT2D eigenvalue weighted by Gasteiger charge is -2.11. The van der Waals surface area contributed by atoms with Crippen LogP contribution in [0.5, 0.6) is 5.75 Å². The second kappa shape index (κ2) is 8.58. The van der Waals surface area contributed by atoms with Crippen LogP contribution in [0.1, 0.15) is 32.9 Å². The Bertz CT molecular complexity index is 913. The van der Waals surface area contributed by atoms with Gasteiger partial charge in [-0.2, -0.15) is 0 Å². The van der Waals surface area contributed by atoms with Gasteiger partial charge in [0.15, 0.2) is 0 Å². The van der Waals surface area contributed by atoms with Gasteiger partial charge in [-0.15, -0.1) is 0 Å². The van der Waals surface area contributed by atoms with E-state index in [1.54, 1.807) is 0 Å². The van der Waals surface area contributed by atoms with Crippen molar-refractivity contribution in [3.8, 4) is 5.75 Å². The Morgan fingerprint density at radius 1 is 1.00 bits per heavy atom. The number of nitrogens with one attached hydrogen (secondary N) is 1. The number of carbonyl (C=O) groups is 1. The lowest BCUT2D eigenvalue weighted by atomic mass is 10.2. The molecule has 0 aliphatic rings. The zero-order valence-electron chi connectivity index (χ0n) is 16.2. The average molecular weight is 362 g/mol. The molecule has 140 valence electrons. The number of carbonyl (C=O) groups excluding carboxylic acids is 1. The highest BCUT2D eigenvalue weighted by atomic mass is 16.5. The number of aryl methyl sites for hydroxylation is 2. The molecule has 1 amide bonds. The van der Waals surface area contributed by atoms with Crippen LogP contribution >= 0.6 is 0 Å². The van der Waals surface area contributed by atoms with Gasteiger partial charge in [0.2, 0.25) is 0 Å². The van der Waals surface area contributed by atoms with Crippen LogP contribution < -0.4 is 10.1 Å². The van der Waals surface area contributed by atoms with Gasteiger partial charge in [-0.25, -0.2) is 0 Å². The van der Waals surface area contributed by atoms with Crippen molar-refractivity contribution in [3.05, 3.63) is 88.7 Å². The SMILES string of the molecule is Cc1ccccc1OCCNC(=O)c1cc(C)n(Cc2ccccc2)c1C. The molecule has 1 aromatic heterocycles. The number of ether oxygens (including phenoxy) is 1. The summed E-state index contributed by atoms with van der Waals surface area (Å²) in [5.41, 5.74) is 5.09. The highest BCUT2D eigenvalue weighted by molar-refractivity contribution is 5.95. The van der Waals surface area contributed by atoms with Crippen LogP contribution in [0, 0.1) is 20.8 Å². The van der Waals surface area contributed by atoms with Gasteiger partial charge in [0.25, 0.3) is 5.91 Å². The summed E-state index contributed by atoms with van der Waals surface area (Å²) in [6.45, 7) is 7.72. The molecule has 4 nitrogen and oxygen atoms in total. The molecule has 4 heteroatoms. The van der Waals surface area contributed by atoms with Crippen molar-refractivity contribution in [1.82, 2.24) is 9.88 Å². The molecule has 1 N–H and O–H groups in total. The lowest BCUT2D eigenvalue weighted by Crippen LogP contribution is -2.28. The van der Waals surface area contributed by atoms with Crippen molar-refractivity contribution in [1.29, 1.82) is 0 Å². The molecule has 0 saturated carbocycles. The number of para-hydroxylation sites is 1. The molecule has 0 spiro atoms. The van der Waals surface area contributed by atoms with Gasteiger partial charge >= 0.3 is 0 Å². The van der Waals surface area contributed by atoms with E-state index < -0.39 is 0 Å². The molecule has 0 aliphatic heterocycles. The van der Waals surface area contributed by atoms with Gasteiger partial charge in [0, 0.05) is 17.9 Å². The number of hydrogen-bond acceptors (Lipinski definition) is 2. The zero-order valence-corrected chi connectivity index (χ0v) is 16.2. The number of benzene rings is 2. The summed E-state index contributed by atoms with van der Waals surface area (Å²) in [5.74, 6) is 0.795. The number of aromatic nitrogens is 1. The third-order valence-electron chi connectivity index (χ3n) is 4.74. The first-order valence-corrected chi connectivity index (χ1v) is 9.23. The number of hydrogen-bond donors (Lipinski definition) is 1. The summed E-state index contributed by atoms with van der Waals surface area (Å²) < 4.78 is 7.92. The Morgan fingerprint density at radius 3 is 2.44 bits per heavy atom. The van der Waals surface area contributed by atoms with E-state index in [-0.39, 0.29) is 5.91 Å². The van der Waals surface area contributed by atoms with Crippen molar-refractivity contribution in [3.63, 3.8) is 0 Å². The quantitative estimate of drug-likeness (QED) is 0.638. The fourth-order valence-corrected chi connectivity index (χ4v) is 3.18. The standard InChI is InChI=1S/C23H26N2O2/c1-17-9-7-8-12-22(17)27-14-13-24-23(26)21-15-18(2)25(19(21)3)16-20-10-5-4-6-11-20/h4-12,15H,13-14,16H2,1-3H3,(H,24,26). The maximum Gasteiger partial charge on any atom is 0.253 e. The Balaban J connectivity index is 1.58. The van der Waals surface area contributed by atoms with Gasteiger partial charge in [-0.3, -0.25) is 4.79 Å². The zero-order chi connectivity index (χ0) is 19.2. The summed E-state index contributed by atoms with van der Waals surface area (Å²) in [4.78, 5) is 12.6. The fraction of sp³-hybridized carbons (Fsp3) is 0.261. The Hall–Kier alpha value is -3.01. The first-order valence-electron chi connectivity index (χ1n) is 9.23. The topological polar surface area (TPSA) is 43.3 Å². The van der Waals surface area contributed by atoms with Gasteiger partial charge in [0.1, 0.15) is 12.4 Å². The highest BCUT2D eigenvalue weighted by Gasteiger charge is 2.15. The van der Waals surface area contributed by atoms with Crippen LogP contribution in [-0.4, -0.2) is 23.6 Å². The molecule has 0 saturated heterocycles. The Labute approximate surface area is 160 Å². The van der Waals surface area contributed by atoms with Crippen LogP contribution in [-0.2, 0) is 6.54 Å². The minimum absolute atomic E-state index is 0.0594. The fourth-order valence-electron chi connectivity index (χ4n) is 3.18. The van der Waals surface area contributed by atoms with Crippen LogP contribution in [0.4, 0.5) is 0 Å². The van der Waals surface area contributed by atoms with Crippen molar-refractivity contribution < 1.29 is 9.53 Å². The molecule has 2 aromatic carbocycles. The molecule has 0 bridgehead atoms. The van der Waals surface area contributed by atoms with Crippen molar-refractivity contribution in [2.24, 2.45) is 0 Å². The van der Waals surface area contributed by atoms with Gasteiger partial charge < -0.3 is 14.6 Å². The minimum atomic E-state index is -0.0594. The number of amides is 1. The van der Waals surface area contributed by atoms with Crippen LogP contribution in [0.3, 0.4) is 0 Å². The summed E-state index contributed by atoms with van der Waals surface area (Å²) in [5, 5.41) is 2.96. The number of nitrogens with zero attached hydrogens (tertiary/aromatic N) is 1. The van der Waals surface area contributed by atoms with Crippen LogP contribution in [0.25, 0.3) is 0 Å². The van der Waals surface area contributed by atoms with Crippen LogP contribution in [0.2, 0.25) is 0 Å². The third kappa shape index (κ3) is 4.59. The highest BCUT2D eigenvalue weighted by Crippen LogP contribution is 2.18. The first-order chi connectivity index (χ1) is 13.1. The van der Waals surface area contributed by atoms with Crippen LogP contribution in [0.15, 0.2) is 60.7 Å². The minimum Gasteiger partial charge on any atom is -0.491 e. The lowest BCUT2D eigenvalue weighted by molar-refractivity contribution is 0.0946. The monoisotopic (exact) mass is 362 g/mol. The van der Waals surface area contributed by atoms with E-state index in [1.807, 2.05) is 69.3 Å². The Kier molecular flexibility index (Phi) is 5.97. The van der Waals surface area contributed by atoms with E-state index in [2.05, 4.69) is 22.0 Å². The molecule has 0 unspecified atom stereocenters. The molecule has 1 heterocycles. The smallest absolute Gasteiger partial charge is 0.253 e. The average Bonchev–Trinajstić information content (AvgIpc) is 2.95. The van der Waals surface area contributed by atoms with Crippen molar-refractivity contribution in [2.45, 2.75) is 27.3 Å². The van der Waals surface area contributed by atoms with Gasteiger partial charge in [-0.1, -0.05) is 48.5 Å². The summed E-state index contributed by atoms with van der Waals surface area (Å²) in [6, 6.07) is 20.1. The molecule has 0 fully saturated rings. The van der Waals surface area contributed by atoms with E-state index in [0.29, 0.717) is 13.2 Å². The summed E-state index contributed by atoms with van der Waals surface area (Å²) >= 11 is 0. The maximum absolute atomic E-state index is 12.6. The van der Waals surface area contributed by atoms with E-state index in [9.17, 15) is 4.79 Å². The molecule has 3 aromatic rings. The Morgan fingerprint density at radius 2 is 1.70 bits per heavy atom. The van der Waals surface area contributed by atoms with Gasteiger partial charge in [-0.05, 0) is 44.0 Å².